The first-order valence-corrected chi connectivity index (χ1v) is 10.8. The minimum absolute atomic E-state index is 0.0588. The van der Waals surface area contributed by atoms with Crippen LogP contribution in [0.2, 0.25) is 0 Å². The second-order valence-electron chi connectivity index (χ2n) is 8.30. The zero-order valence-corrected chi connectivity index (χ0v) is 18.6. The molecule has 33 heavy (non-hydrogen) atoms. The van der Waals surface area contributed by atoms with Gasteiger partial charge in [-0.2, -0.15) is 0 Å². The minimum atomic E-state index is -0.604. The molecule has 1 unspecified atom stereocenters. The number of H-pyrrole nitrogens is 1. The molecular weight excluding hydrogens is 419 g/mol. The number of nitrogens with zero attached hydrogens (tertiary/aromatic N) is 1. The molecule has 4 aromatic rings. The van der Waals surface area contributed by atoms with Crippen molar-refractivity contribution in [2.75, 3.05) is 5.32 Å². The van der Waals surface area contributed by atoms with Crippen molar-refractivity contribution >= 4 is 28.5 Å². The molecule has 3 N–H and O–H groups in total. The van der Waals surface area contributed by atoms with Gasteiger partial charge in [-0.05, 0) is 54.8 Å². The largest absolute Gasteiger partial charge is 0.342 e. The van der Waals surface area contributed by atoms with E-state index < -0.39 is 11.7 Å². The Labute approximate surface area is 191 Å². The van der Waals surface area contributed by atoms with Crippen LogP contribution in [0.3, 0.4) is 0 Å². The summed E-state index contributed by atoms with van der Waals surface area (Å²) in [5.74, 6) is -0.710. The second kappa shape index (κ2) is 9.24. The fraction of sp³-hybridized carbons (Fsp3) is 0.192. The number of aromatic nitrogens is 2. The van der Waals surface area contributed by atoms with Crippen molar-refractivity contribution in [3.8, 4) is 0 Å². The molecule has 7 heteroatoms. The van der Waals surface area contributed by atoms with Gasteiger partial charge < -0.3 is 15.6 Å². The third kappa shape index (κ3) is 4.77. The van der Waals surface area contributed by atoms with Crippen molar-refractivity contribution in [3.63, 3.8) is 0 Å². The quantitative estimate of drug-likeness (QED) is 0.373. The minimum Gasteiger partial charge on any atom is -0.342 e. The van der Waals surface area contributed by atoms with E-state index in [2.05, 4.69) is 20.6 Å². The predicted molar refractivity (Wildman–Crippen MR) is 127 cm³/mol. The van der Waals surface area contributed by atoms with Crippen molar-refractivity contribution < 1.29 is 14.0 Å². The Kier molecular flexibility index (Phi) is 6.22. The first kappa shape index (κ1) is 22.2. The number of hydrogen-bond donors (Lipinski definition) is 3. The van der Waals surface area contributed by atoms with Crippen molar-refractivity contribution in [2.24, 2.45) is 5.92 Å². The molecular formula is C26H25FN4O2. The number of aromatic amines is 1. The number of anilines is 1. The van der Waals surface area contributed by atoms with Gasteiger partial charge >= 0.3 is 0 Å². The molecule has 3 aromatic carbocycles. The average molecular weight is 445 g/mol. The summed E-state index contributed by atoms with van der Waals surface area (Å²) in [5.41, 5.74) is 3.26. The Hall–Kier alpha value is -4.00. The van der Waals surface area contributed by atoms with Gasteiger partial charge in [0, 0.05) is 11.3 Å². The van der Waals surface area contributed by atoms with Crippen LogP contribution in [0.15, 0.2) is 66.7 Å². The number of rotatable bonds is 6. The number of para-hydroxylation sites is 2. The first-order valence-electron chi connectivity index (χ1n) is 10.8. The van der Waals surface area contributed by atoms with Crippen LogP contribution < -0.4 is 10.6 Å². The standard InChI is InChI=1S/C26H25FN4O2/c1-15(2)23(24-28-20-10-6-7-11-21(20)29-24)31-25(32)17-13-12-16(3)22(14-17)30-26(33)18-8-4-5-9-19(18)27/h4-15,23H,1-3H3,(H,28,29)(H,30,33)(H,31,32). The molecule has 0 spiro atoms. The number of amides is 2. The highest BCUT2D eigenvalue weighted by Gasteiger charge is 2.23. The maximum Gasteiger partial charge on any atom is 0.258 e. The molecule has 0 aliphatic rings. The highest BCUT2D eigenvalue weighted by molar-refractivity contribution is 6.05. The number of nitrogens with one attached hydrogen (secondary N) is 3. The highest BCUT2D eigenvalue weighted by Crippen LogP contribution is 2.24. The van der Waals surface area contributed by atoms with Gasteiger partial charge in [-0.25, -0.2) is 9.37 Å². The zero-order chi connectivity index (χ0) is 23.5. The monoisotopic (exact) mass is 444 g/mol. The van der Waals surface area contributed by atoms with Crippen LogP contribution >= 0.6 is 0 Å². The number of benzene rings is 3. The van der Waals surface area contributed by atoms with E-state index in [0.29, 0.717) is 17.1 Å². The number of imidazole rings is 1. The fourth-order valence-corrected chi connectivity index (χ4v) is 3.63. The normalized spacial score (nSPS) is 12.0. The first-order chi connectivity index (χ1) is 15.8. The van der Waals surface area contributed by atoms with Crippen LogP contribution in [0.1, 0.15) is 52.0 Å². The van der Waals surface area contributed by atoms with E-state index in [1.54, 1.807) is 24.3 Å². The van der Waals surface area contributed by atoms with Gasteiger partial charge in [-0.3, -0.25) is 9.59 Å². The van der Waals surface area contributed by atoms with Gasteiger partial charge in [0.25, 0.3) is 11.8 Å². The molecule has 0 aliphatic carbocycles. The summed E-state index contributed by atoms with van der Waals surface area (Å²) in [7, 11) is 0. The lowest BCUT2D eigenvalue weighted by Crippen LogP contribution is -2.32. The zero-order valence-electron chi connectivity index (χ0n) is 18.6. The average Bonchev–Trinajstić information content (AvgIpc) is 3.22. The van der Waals surface area contributed by atoms with Gasteiger partial charge in [-0.1, -0.05) is 44.2 Å². The molecule has 1 aromatic heterocycles. The second-order valence-corrected chi connectivity index (χ2v) is 8.30. The Bertz CT molecular complexity index is 1300. The summed E-state index contributed by atoms with van der Waals surface area (Å²) < 4.78 is 14.0. The van der Waals surface area contributed by atoms with Crippen molar-refractivity contribution in [2.45, 2.75) is 26.8 Å². The van der Waals surface area contributed by atoms with E-state index in [1.807, 2.05) is 45.0 Å². The molecule has 1 heterocycles. The molecule has 4 rings (SSSR count). The van der Waals surface area contributed by atoms with Crippen LogP contribution in [0.4, 0.5) is 10.1 Å². The van der Waals surface area contributed by atoms with E-state index in [4.69, 9.17) is 0 Å². The fourth-order valence-electron chi connectivity index (χ4n) is 3.63. The summed E-state index contributed by atoms with van der Waals surface area (Å²) in [6, 6.07) is 18.2. The number of hydrogen-bond acceptors (Lipinski definition) is 3. The molecule has 0 aliphatic heterocycles. The number of halogens is 1. The summed E-state index contributed by atoms with van der Waals surface area (Å²) in [6.45, 7) is 5.82. The Balaban J connectivity index is 1.56. The van der Waals surface area contributed by atoms with Crippen molar-refractivity contribution in [1.82, 2.24) is 15.3 Å². The number of carbonyl (C=O) groups is 2. The Morgan fingerprint density at radius 2 is 1.70 bits per heavy atom. The lowest BCUT2D eigenvalue weighted by atomic mass is 10.0. The summed E-state index contributed by atoms with van der Waals surface area (Å²) in [4.78, 5) is 33.6. The topological polar surface area (TPSA) is 86.9 Å². The highest BCUT2D eigenvalue weighted by atomic mass is 19.1. The lowest BCUT2D eigenvalue weighted by Gasteiger charge is -2.21. The molecule has 0 radical (unpaired) electrons. The molecule has 2 amide bonds. The lowest BCUT2D eigenvalue weighted by molar-refractivity contribution is 0.0922. The molecule has 0 saturated heterocycles. The molecule has 0 fully saturated rings. The smallest absolute Gasteiger partial charge is 0.258 e. The summed E-state index contributed by atoms with van der Waals surface area (Å²) in [6.07, 6.45) is 0. The molecule has 6 nitrogen and oxygen atoms in total. The van der Waals surface area contributed by atoms with Crippen LogP contribution in [0, 0.1) is 18.7 Å². The van der Waals surface area contributed by atoms with Gasteiger partial charge in [0.1, 0.15) is 11.6 Å². The van der Waals surface area contributed by atoms with Crippen molar-refractivity contribution in [3.05, 3.63) is 95.1 Å². The van der Waals surface area contributed by atoms with E-state index in [-0.39, 0.29) is 23.4 Å². The van der Waals surface area contributed by atoms with Crippen LogP contribution in [0.5, 0.6) is 0 Å². The number of fused-ring (bicyclic) bond motifs is 1. The summed E-state index contributed by atoms with van der Waals surface area (Å²) >= 11 is 0. The molecule has 1 atom stereocenters. The summed E-state index contributed by atoms with van der Waals surface area (Å²) in [5, 5.41) is 5.76. The van der Waals surface area contributed by atoms with E-state index in [0.717, 1.165) is 16.6 Å². The van der Waals surface area contributed by atoms with E-state index >= 15 is 0 Å². The maximum absolute atomic E-state index is 14.0. The van der Waals surface area contributed by atoms with Gasteiger partial charge in [0.2, 0.25) is 0 Å². The molecule has 0 bridgehead atoms. The van der Waals surface area contributed by atoms with Crippen LogP contribution in [0.25, 0.3) is 11.0 Å². The maximum atomic E-state index is 14.0. The number of carbonyl (C=O) groups excluding carboxylic acids is 2. The van der Waals surface area contributed by atoms with E-state index in [1.165, 1.54) is 18.2 Å². The Morgan fingerprint density at radius 1 is 0.970 bits per heavy atom. The van der Waals surface area contributed by atoms with Gasteiger partial charge in [0.05, 0.1) is 22.6 Å². The van der Waals surface area contributed by atoms with Gasteiger partial charge in [0.15, 0.2) is 0 Å². The SMILES string of the molecule is Cc1ccc(C(=O)NC(c2nc3ccccc3[nH]2)C(C)C)cc1NC(=O)c1ccccc1F. The van der Waals surface area contributed by atoms with E-state index in [9.17, 15) is 14.0 Å². The Morgan fingerprint density at radius 3 is 2.42 bits per heavy atom. The molecule has 168 valence electrons. The van der Waals surface area contributed by atoms with Gasteiger partial charge in [-0.15, -0.1) is 0 Å². The number of aryl methyl sites for hydroxylation is 1. The van der Waals surface area contributed by atoms with Crippen molar-refractivity contribution in [1.29, 1.82) is 0 Å². The van der Waals surface area contributed by atoms with Crippen LogP contribution in [-0.4, -0.2) is 21.8 Å². The van der Waals surface area contributed by atoms with Crippen LogP contribution in [-0.2, 0) is 0 Å². The predicted octanol–water partition coefficient (Wildman–Crippen LogP) is 5.39. The third-order valence-electron chi connectivity index (χ3n) is 5.52. The third-order valence-corrected chi connectivity index (χ3v) is 5.52. The molecule has 0 saturated carbocycles.